The van der Waals surface area contributed by atoms with Gasteiger partial charge in [-0.05, 0) is 6.42 Å². The standard InChI is InChI=1S/C8H18O4/c1-6(8(10)12-3)4-7(5-9)11-2/h6-10H,4-5H2,1-3H3. The van der Waals surface area contributed by atoms with Gasteiger partial charge in [-0.25, -0.2) is 0 Å². The van der Waals surface area contributed by atoms with Gasteiger partial charge >= 0.3 is 0 Å². The third-order valence-electron chi connectivity index (χ3n) is 1.90. The Balaban J connectivity index is 3.72. The summed E-state index contributed by atoms with van der Waals surface area (Å²) in [6, 6.07) is 0. The quantitative estimate of drug-likeness (QED) is 0.561. The SMILES string of the molecule is COC(CO)CC(C)C(O)OC. The molecule has 0 aromatic heterocycles. The molecule has 0 rings (SSSR count). The third kappa shape index (κ3) is 4.01. The summed E-state index contributed by atoms with van der Waals surface area (Å²) in [7, 11) is 2.98. The van der Waals surface area contributed by atoms with Gasteiger partial charge in [0.05, 0.1) is 12.7 Å². The molecule has 0 heterocycles. The Hall–Kier alpha value is -0.160. The van der Waals surface area contributed by atoms with Crippen LogP contribution in [0.5, 0.6) is 0 Å². The van der Waals surface area contributed by atoms with Crippen molar-refractivity contribution in [1.82, 2.24) is 0 Å². The molecule has 4 heteroatoms. The number of rotatable bonds is 6. The molecule has 0 bridgehead atoms. The van der Waals surface area contributed by atoms with E-state index in [0.29, 0.717) is 6.42 Å². The topological polar surface area (TPSA) is 58.9 Å². The van der Waals surface area contributed by atoms with E-state index in [4.69, 9.17) is 14.6 Å². The molecule has 0 aromatic carbocycles. The highest BCUT2D eigenvalue weighted by Crippen LogP contribution is 2.12. The highest BCUT2D eigenvalue weighted by atomic mass is 16.6. The van der Waals surface area contributed by atoms with E-state index in [0.717, 1.165) is 0 Å². The minimum Gasteiger partial charge on any atom is -0.394 e. The van der Waals surface area contributed by atoms with E-state index >= 15 is 0 Å². The lowest BCUT2D eigenvalue weighted by Gasteiger charge is -2.21. The summed E-state index contributed by atoms with van der Waals surface area (Å²) < 4.78 is 9.67. The molecule has 3 atom stereocenters. The second-order valence-electron chi connectivity index (χ2n) is 2.88. The van der Waals surface area contributed by atoms with Crippen molar-refractivity contribution in [3.05, 3.63) is 0 Å². The normalized spacial score (nSPS) is 18.8. The molecule has 0 saturated heterocycles. The first-order valence-electron chi connectivity index (χ1n) is 4.00. The first-order valence-corrected chi connectivity index (χ1v) is 4.00. The van der Waals surface area contributed by atoms with Crippen LogP contribution < -0.4 is 0 Å². The number of ether oxygens (including phenoxy) is 2. The van der Waals surface area contributed by atoms with Gasteiger partial charge in [-0.2, -0.15) is 0 Å². The van der Waals surface area contributed by atoms with Crippen molar-refractivity contribution in [2.45, 2.75) is 25.7 Å². The average molecular weight is 178 g/mol. The van der Waals surface area contributed by atoms with Gasteiger partial charge in [-0.3, -0.25) is 0 Å². The van der Waals surface area contributed by atoms with Crippen LogP contribution in [0, 0.1) is 5.92 Å². The second kappa shape index (κ2) is 6.37. The van der Waals surface area contributed by atoms with Crippen LogP contribution in [-0.2, 0) is 9.47 Å². The molecule has 0 spiro atoms. The van der Waals surface area contributed by atoms with Gasteiger partial charge in [0, 0.05) is 20.1 Å². The van der Waals surface area contributed by atoms with Crippen molar-refractivity contribution in [2.75, 3.05) is 20.8 Å². The first-order chi connectivity index (χ1) is 5.65. The van der Waals surface area contributed by atoms with E-state index in [1.807, 2.05) is 6.92 Å². The summed E-state index contributed by atoms with van der Waals surface area (Å²) >= 11 is 0. The van der Waals surface area contributed by atoms with Crippen molar-refractivity contribution < 1.29 is 19.7 Å². The van der Waals surface area contributed by atoms with Gasteiger partial charge < -0.3 is 19.7 Å². The van der Waals surface area contributed by atoms with E-state index < -0.39 is 6.29 Å². The monoisotopic (exact) mass is 178 g/mol. The molecule has 12 heavy (non-hydrogen) atoms. The zero-order valence-electron chi connectivity index (χ0n) is 7.86. The summed E-state index contributed by atoms with van der Waals surface area (Å²) in [6.45, 7) is 1.81. The summed E-state index contributed by atoms with van der Waals surface area (Å²) in [5.74, 6) is -0.0351. The van der Waals surface area contributed by atoms with Gasteiger partial charge in [-0.1, -0.05) is 6.92 Å². The molecule has 74 valence electrons. The third-order valence-corrected chi connectivity index (χ3v) is 1.90. The molecule has 0 amide bonds. The van der Waals surface area contributed by atoms with E-state index in [1.165, 1.54) is 14.2 Å². The van der Waals surface area contributed by atoms with Crippen molar-refractivity contribution >= 4 is 0 Å². The molecule has 0 aromatic rings. The Labute approximate surface area is 73.1 Å². The van der Waals surface area contributed by atoms with Crippen molar-refractivity contribution in [3.63, 3.8) is 0 Å². The fraction of sp³-hybridized carbons (Fsp3) is 1.00. The summed E-state index contributed by atoms with van der Waals surface area (Å²) in [5.41, 5.74) is 0. The zero-order valence-corrected chi connectivity index (χ0v) is 7.86. The zero-order chi connectivity index (χ0) is 9.56. The van der Waals surface area contributed by atoms with Crippen LogP contribution in [-0.4, -0.2) is 43.4 Å². The van der Waals surface area contributed by atoms with Gasteiger partial charge in [0.2, 0.25) is 0 Å². The first kappa shape index (κ1) is 11.8. The Morgan fingerprint density at radius 1 is 1.25 bits per heavy atom. The van der Waals surface area contributed by atoms with Crippen LogP contribution in [0.2, 0.25) is 0 Å². The molecular weight excluding hydrogens is 160 g/mol. The molecule has 0 aliphatic rings. The van der Waals surface area contributed by atoms with Crippen molar-refractivity contribution in [2.24, 2.45) is 5.92 Å². The van der Waals surface area contributed by atoms with Crippen LogP contribution in [0.25, 0.3) is 0 Å². The van der Waals surface area contributed by atoms with Crippen molar-refractivity contribution in [1.29, 1.82) is 0 Å². The van der Waals surface area contributed by atoms with Gasteiger partial charge in [0.15, 0.2) is 6.29 Å². The second-order valence-corrected chi connectivity index (χ2v) is 2.88. The van der Waals surface area contributed by atoms with E-state index in [2.05, 4.69) is 0 Å². The maximum atomic E-state index is 9.21. The maximum Gasteiger partial charge on any atom is 0.156 e. The lowest BCUT2D eigenvalue weighted by atomic mass is 10.0. The molecule has 0 radical (unpaired) electrons. The summed E-state index contributed by atoms with van der Waals surface area (Å²) in [4.78, 5) is 0. The fourth-order valence-corrected chi connectivity index (χ4v) is 1.01. The number of methoxy groups -OCH3 is 2. The van der Waals surface area contributed by atoms with Gasteiger partial charge in [0.1, 0.15) is 0 Å². The lowest BCUT2D eigenvalue weighted by molar-refractivity contribution is -0.119. The smallest absolute Gasteiger partial charge is 0.156 e. The minimum absolute atomic E-state index is 0.0305. The maximum absolute atomic E-state index is 9.21. The summed E-state index contributed by atoms with van der Waals surface area (Å²) in [6.07, 6.45) is -0.416. The predicted octanol–water partition coefficient (Wildman–Crippen LogP) is -0.0153. The highest BCUT2D eigenvalue weighted by Gasteiger charge is 2.18. The van der Waals surface area contributed by atoms with E-state index in [-0.39, 0.29) is 18.6 Å². The van der Waals surface area contributed by atoms with Crippen molar-refractivity contribution in [3.8, 4) is 0 Å². The van der Waals surface area contributed by atoms with Crippen LogP contribution in [0.4, 0.5) is 0 Å². The molecule has 0 aliphatic heterocycles. The number of hydrogen-bond donors (Lipinski definition) is 2. The van der Waals surface area contributed by atoms with Crippen LogP contribution in [0.15, 0.2) is 0 Å². The van der Waals surface area contributed by atoms with E-state index in [9.17, 15) is 5.11 Å². The molecule has 0 saturated carbocycles. The van der Waals surface area contributed by atoms with Gasteiger partial charge in [0.25, 0.3) is 0 Å². The minimum atomic E-state index is -0.783. The Morgan fingerprint density at radius 2 is 1.83 bits per heavy atom. The lowest BCUT2D eigenvalue weighted by Crippen LogP contribution is -2.27. The number of aliphatic hydroxyl groups excluding tert-OH is 2. The molecule has 4 nitrogen and oxygen atoms in total. The Kier molecular flexibility index (Phi) is 6.28. The predicted molar refractivity (Wildman–Crippen MR) is 44.7 cm³/mol. The highest BCUT2D eigenvalue weighted by molar-refractivity contribution is 4.63. The average Bonchev–Trinajstić information content (AvgIpc) is 2.12. The molecule has 0 aliphatic carbocycles. The fourth-order valence-electron chi connectivity index (χ4n) is 1.01. The van der Waals surface area contributed by atoms with E-state index in [1.54, 1.807) is 0 Å². The summed E-state index contributed by atoms with van der Waals surface area (Å²) in [5, 5.41) is 18.0. The Morgan fingerprint density at radius 3 is 2.17 bits per heavy atom. The largest absolute Gasteiger partial charge is 0.394 e. The number of hydrogen-bond acceptors (Lipinski definition) is 4. The molecular formula is C8H18O4. The molecule has 3 unspecified atom stereocenters. The molecule has 2 N–H and O–H groups in total. The van der Waals surface area contributed by atoms with Crippen LogP contribution >= 0.6 is 0 Å². The van der Waals surface area contributed by atoms with Crippen LogP contribution in [0.1, 0.15) is 13.3 Å². The Bertz CT molecular complexity index is 103. The van der Waals surface area contributed by atoms with Gasteiger partial charge in [-0.15, -0.1) is 0 Å². The van der Waals surface area contributed by atoms with Crippen LogP contribution in [0.3, 0.4) is 0 Å². The number of aliphatic hydroxyl groups is 2. The molecule has 0 fully saturated rings.